The maximum atomic E-state index is 12.0. The Hall–Kier alpha value is -1.82. The number of nitrogens with zero attached hydrogens (tertiary/aromatic N) is 1. The maximum absolute atomic E-state index is 12.0. The minimum Gasteiger partial charge on any atom is -0.497 e. The average molecular weight is 294 g/mol. The van der Waals surface area contributed by atoms with Crippen molar-refractivity contribution in [2.24, 2.45) is 5.92 Å². The first-order chi connectivity index (χ1) is 9.49. The van der Waals surface area contributed by atoms with Crippen molar-refractivity contribution in [1.29, 1.82) is 0 Å². The van der Waals surface area contributed by atoms with E-state index < -0.39 is 6.04 Å². The Morgan fingerprint density at radius 3 is 2.60 bits per heavy atom. The molecule has 1 aromatic carbocycles. The Balaban J connectivity index is 2.66. The molecule has 6 heteroatoms. The number of H-pyrrole nitrogens is 1. The lowest BCUT2D eigenvalue weighted by atomic mass is 10.0. The van der Waals surface area contributed by atoms with Crippen LogP contribution in [0.2, 0.25) is 0 Å². The highest BCUT2D eigenvalue weighted by Gasteiger charge is 2.27. The van der Waals surface area contributed by atoms with Crippen LogP contribution in [-0.2, 0) is 9.53 Å². The van der Waals surface area contributed by atoms with E-state index in [2.05, 4.69) is 4.98 Å². The number of methoxy groups -OCH3 is 2. The number of hydrogen-bond donors (Lipinski definition) is 1. The van der Waals surface area contributed by atoms with Gasteiger partial charge in [-0.1, -0.05) is 13.8 Å². The van der Waals surface area contributed by atoms with Crippen molar-refractivity contribution in [3.05, 3.63) is 23.0 Å². The summed E-state index contributed by atoms with van der Waals surface area (Å²) in [5.74, 6) is 0.503. The average Bonchev–Trinajstić information content (AvgIpc) is 2.74. The van der Waals surface area contributed by atoms with Gasteiger partial charge in [-0.15, -0.1) is 0 Å². The molecule has 0 amide bonds. The van der Waals surface area contributed by atoms with Gasteiger partial charge in [-0.25, -0.2) is 4.79 Å². The number of fused-ring (bicyclic) bond motifs is 1. The Kier molecular flexibility index (Phi) is 4.13. The van der Waals surface area contributed by atoms with Crippen LogP contribution >= 0.6 is 12.2 Å². The van der Waals surface area contributed by atoms with Gasteiger partial charge in [0, 0.05) is 6.07 Å². The van der Waals surface area contributed by atoms with Crippen molar-refractivity contribution in [2.75, 3.05) is 14.2 Å². The standard InChI is InChI=1S/C14H18N2O3S/c1-8(2)12(13(17)19-4)16-11-6-5-9(18-3)7-10(11)15-14(16)20/h5-8,12H,1-4H3,(H,15,20). The van der Waals surface area contributed by atoms with Crippen LogP contribution in [-0.4, -0.2) is 29.7 Å². The fourth-order valence-electron chi connectivity index (χ4n) is 2.31. The van der Waals surface area contributed by atoms with Crippen molar-refractivity contribution in [1.82, 2.24) is 9.55 Å². The van der Waals surface area contributed by atoms with Gasteiger partial charge in [0.2, 0.25) is 0 Å². The zero-order valence-electron chi connectivity index (χ0n) is 12.0. The number of ether oxygens (including phenoxy) is 2. The Labute approximate surface area is 122 Å². The molecule has 0 aliphatic heterocycles. The summed E-state index contributed by atoms with van der Waals surface area (Å²) in [5, 5.41) is 0. The highest BCUT2D eigenvalue weighted by molar-refractivity contribution is 7.71. The lowest BCUT2D eigenvalue weighted by molar-refractivity contribution is -0.145. The highest BCUT2D eigenvalue weighted by Crippen LogP contribution is 2.27. The smallest absolute Gasteiger partial charge is 0.329 e. The van der Waals surface area contributed by atoms with Crippen LogP contribution in [0, 0.1) is 10.7 Å². The number of carbonyl (C=O) groups is 1. The second-order valence-electron chi connectivity index (χ2n) is 4.90. The van der Waals surface area contributed by atoms with E-state index >= 15 is 0 Å². The molecule has 2 aromatic rings. The normalized spacial score (nSPS) is 12.7. The van der Waals surface area contributed by atoms with E-state index in [1.807, 2.05) is 32.0 Å². The fraction of sp³-hybridized carbons (Fsp3) is 0.429. The summed E-state index contributed by atoms with van der Waals surface area (Å²) in [7, 11) is 3.00. The van der Waals surface area contributed by atoms with E-state index in [0.29, 0.717) is 4.77 Å². The zero-order valence-corrected chi connectivity index (χ0v) is 12.8. The molecule has 0 aliphatic carbocycles. The maximum Gasteiger partial charge on any atom is 0.329 e. The first kappa shape index (κ1) is 14.6. The van der Waals surface area contributed by atoms with E-state index in [9.17, 15) is 4.79 Å². The molecular formula is C14H18N2O3S. The molecule has 0 saturated heterocycles. The molecule has 2 rings (SSSR count). The molecule has 0 radical (unpaired) electrons. The van der Waals surface area contributed by atoms with Crippen LogP contribution < -0.4 is 4.74 Å². The molecule has 0 spiro atoms. The lowest BCUT2D eigenvalue weighted by Gasteiger charge is -2.20. The molecular weight excluding hydrogens is 276 g/mol. The van der Waals surface area contributed by atoms with Gasteiger partial charge < -0.3 is 19.0 Å². The van der Waals surface area contributed by atoms with E-state index in [1.54, 1.807) is 11.7 Å². The lowest BCUT2D eigenvalue weighted by Crippen LogP contribution is -2.25. The van der Waals surface area contributed by atoms with E-state index in [0.717, 1.165) is 16.8 Å². The first-order valence-electron chi connectivity index (χ1n) is 6.35. The van der Waals surface area contributed by atoms with Crippen LogP contribution in [0.5, 0.6) is 5.75 Å². The van der Waals surface area contributed by atoms with Gasteiger partial charge >= 0.3 is 5.97 Å². The third kappa shape index (κ3) is 2.43. The monoisotopic (exact) mass is 294 g/mol. The second-order valence-corrected chi connectivity index (χ2v) is 5.28. The molecule has 108 valence electrons. The third-order valence-electron chi connectivity index (χ3n) is 3.28. The Morgan fingerprint density at radius 2 is 2.05 bits per heavy atom. The Bertz CT molecular complexity index is 687. The summed E-state index contributed by atoms with van der Waals surface area (Å²) >= 11 is 5.35. The number of aromatic amines is 1. The molecule has 0 aliphatic rings. The summed E-state index contributed by atoms with van der Waals surface area (Å²) < 4.78 is 12.4. The SMILES string of the molecule is COC(=O)C(C(C)C)n1c(=S)[nH]c2cc(OC)ccc21. The van der Waals surface area contributed by atoms with Gasteiger partial charge in [-0.2, -0.15) is 0 Å². The van der Waals surface area contributed by atoms with Gasteiger partial charge in [0.05, 0.1) is 25.3 Å². The number of hydrogen-bond acceptors (Lipinski definition) is 4. The number of esters is 1. The molecule has 1 unspecified atom stereocenters. The topological polar surface area (TPSA) is 56.2 Å². The number of benzene rings is 1. The van der Waals surface area contributed by atoms with Gasteiger partial charge in [0.25, 0.3) is 0 Å². The Morgan fingerprint density at radius 1 is 1.35 bits per heavy atom. The van der Waals surface area contributed by atoms with Crippen LogP contribution in [0.25, 0.3) is 11.0 Å². The van der Waals surface area contributed by atoms with Gasteiger partial charge in [-0.05, 0) is 30.3 Å². The largest absolute Gasteiger partial charge is 0.497 e. The summed E-state index contributed by atoms with van der Waals surface area (Å²) in [6.07, 6.45) is 0. The fourth-order valence-corrected chi connectivity index (χ4v) is 2.63. The van der Waals surface area contributed by atoms with Crippen molar-refractivity contribution in [2.45, 2.75) is 19.9 Å². The number of rotatable bonds is 4. The summed E-state index contributed by atoms with van der Waals surface area (Å²) in [4.78, 5) is 15.1. The molecule has 1 aromatic heterocycles. The van der Waals surface area contributed by atoms with Crippen molar-refractivity contribution < 1.29 is 14.3 Å². The number of imidazole rings is 1. The molecule has 20 heavy (non-hydrogen) atoms. The van der Waals surface area contributed by atoms with Crippen molar-refractivity contribution in [3.8, 4) is 5.75 Å². The van der Waals surface area contributed by atoms with Gasteiger partial charge in [0.15, 0.2) is 4.77 Å². The molecule has 1 N–H and O–H groups in total. The first-order valence-corrected chi connectivity index (χ1v) is 6.76. The van der Waals surface area contributed by atoms with Crippen molar-refractivity contribution in [3.63, 3.8) is 0 Å². The van der Waals surface area contributed by atoms with E-state index in [4.69, 9.17) is 21.7 Å². The molecule has 0 fully saturated rings. The molecule has 0 bridgehead atoms. The van der Waals surface area contributed by atoms with Gasteiger partial charge in [-0.3, -0.25) is 0 Å². The predicted molar refractivity (Wildman–Crippen MR) is 79.6 cm³/mol. The summed E-state index contributed by atoms with van der Waals surface area (Å²) in [6.45, 7) is 3.93. The second kappa shape index (κ2) is 5.66. The molecule has 1 heterocycles. The number of carbonyl (C=O) groups excluding carboxylic acids is 1. The minimum absolute atomic E-state index is 0.0650. The van der Waals surface area contributed by atoms with Gasteiger partial charge in [0.1, 0.15) is 11.8 Å². The zero-order chi connectivity index (χ0) is 14.9. The van der Waals surface area contributed by atoms with Crippen LogP contribution in [0.15, 0.2) is 18.2 Å². The molecule has 1 atom stereocenters. The third-order valence-corrected chi connectivity index (χ3v) is 3.57. The highest BCUT2D eigenvalue weighted by atomic mass is 32.1. The van der Waals surface area contributed by atoms with Crippen LogP contribution in [0.3, 0.4) is 0 Å². The van der Waals surface area contributed by atoms with Crippen molar-refractivity contribution >= 4 is 29.2 Å². The number of nitrogens with one attached hydrogen (secondary N) is 1. The van der Waals surface area contributed by atoms with Crippen LogP contribution in [0.1, 0.15) is 19.9 Å². The van der Waals surface area contributed by atoms with E-state index in [1.165, 1.54) is 7.11 Å². The minimum atomic E-state index is -0.449. The van der Waals surface area contributed by atoms with E-state index in [-0.39, 0.29) is 11.9 Å². The summed E-state index contributed by atoms with van der Waals surface area (Å²) in [6, 6.07) is 5.14. The quantitative estimate of drug-likeness (QED) is 0.695. The van der Waals surface area contributed by atoms with Crippen LogP contribution in [0.4, 0.5) is 0 Å². The predicted octanol–water partition coefficient (Wildman–Crippen LogP) is 3.08. The number of aromatic nitrogens is 2. The summed E-state index contributed by atoms with van der Waals surface area (Å²) in [5.41, 5.74) is 1.70. The molecule has 5 nitrogen and oxygen atoms in total. The molecule has 0 saturated carbocycles.